The highest BCUT2D eigenvalue weighted by atomic mass is 32.2. The molecule has 0 aliphatic carbocycles. The van der Waals surface area contributed by atoms with Crippen LogP contribution in [0.4, 0.5) is 0 Å². The van der Waals surface area contributed by atoms with Gasteiger partial charge in [0.1, 0.15) is 4.21 Å². The molecule has 2 aromatic rings. The van der Waals surface area contributed by atoms with Crippen LogP contribution in [0.25, 0.3) is 0 Å². The van der Waals surface area contributed by atoms with Crippen molar-refractivity contribution >= 4 is 27.3 Å². The minimum Gasteiger partial charge on any atom is -0.478 e. The molecule has 2 N–H and O–H groups in total. The third kappa shape index (κ3) is 3.49. The molecule has 0 spiro atoms. The van der Waals surface area contributed by atoms with Crippen molar-refractivity contribution in [2.24, 2.45) is 0 Å². The van der Waals surface area contributed by atoms with Crippen molar-refractivity contribution in [2.45, 2.75) is 24.1 Å². The number of hydrogen-bond donors (Lipinski definition) is 2. The molecular formula is C14H15NO4S2. The molecule has 0 fully saturated rings. The third-order valence-corrected chi connectivity index (χ3v) is 6.05. The van der Waals surface area contributed by atoms with E-state index in [1.807, 2.05) is 31.2 Å². The van der Waals surface area contributed by atoms with Crippen LogP contribution in [0.3, 0.4) is 0 Å². The first-order valence-corrected chi connectivity index (χ1v) is 8.57. The normalized spacial score (nSPS) is 13.0. The smallest absolute Gasteiger partial charge is 0.336 e. The summed E-state index contributed by atoms with van der Waals surface area (Å²) in [6, 6.07) is 8.28. The van der Waals surface area contributed by atoms with Crippen LogP contribution >= 0.6 is 11.3 Å². The maximum atomic E-state index is 12.3. The summed E-state index contributed by atoms with van der Waals surface area (Å²) >= 11 is 0.895. The number of hydrogen-bond acceptors (Lipinski definition) is 4. The summed E-state index contributed by atoms with van der Waals surface area (Å²) in [5.41, 5.74) is 1.85. The second-order valence-corrected chi connectivity index (χ2v) is 7.51. The Hall–Kier alpha value is -1.70. The second-order valence-electron chi connectivity index (χ2n) is 4.66. The van der Waals surface area contributed by atoms with Gasteiger partial charge in [-0.3, -0.25) is 0 Å². The highest BCUT2D eigenvalue weighted by Gasteiger charge is 2.22. The van der Waals surface area contributed by atoms with Crippen LogP contribution in [0.1, 0.15) is 34.5 Å². The first-order valence-electron chi connectivity index (χ1n) is 6.21. The molecule has 1 aromatic heterocycles. The molecule has 0 bridgehead atoms. The van der Waals surface area contributed by atoms with Gasteiger partial charge in [0, 0.05) is 11.4 Å². The number of thiophene rings is 1. The maximum Gasteiger partial charge on any atom is 0.336 e. The SMILES string of the molecule is Cc1ccccc1C(C)NS(=O)(=O)c1cc(C(=O)O)cs1. The number of carboxylic acid groups (broad SMARTS) is 1. The molecule has 0 radical (unpaired) electrons. The molecule has 0 saturated heterocycles. The van der Waals surface area contributed by atoms with Crippen molar-refractivity contribution in [1.29, 1.82) is 0 Å². The first kappa shape index (κ1) is 15.7. The fourth-order valence-electron chi connectivity index (χ4n) is 2.00. The third-order valence-electron chi connectivity index (χ3n) is 3.07. The zero-order valence-corrected chi connectivity index (χ0v) is 13.2. The molecule has 5 nitrogen and oxygen atoms in total. The predicted molar refractivity (Wildman–Crippen MR) is 81.2 cm³/mol. The summed E-state index contributed by atoms with van der Waals surface area (Å²) in [5, 5.41) is 10.2. The van der Waals surface area contributed by atoms with Gasteiger partial charge in [0.2, 0.25) is 0 Å². The standard InChI is InChI=1S/C14H15NO4S2/c1-9-5-3-4-6-12(9)10(2)15-21(18,19)13-7-11(8-20-13)14(16)17/h3-8,10,15H,1-2H3,(H,16,17). The summed E-state index contributed by atoms with van der Waals surface area (Å²) < 4.78 is 27.1. The van der Waals surface area contributed by atoms with Gasteiger partial charge in [-0.1, -0.05) is 24.3 Å². The zero-order valence-electron chi connectivity index (χ0n) is 11.5. The summed E-state index contributed by atoms with van der Waals surface area (Å²) in [5.74, 6) is -1.14. The number of aromatic carboxylic acids is 1. The van der Waals surface area contributed by atoms with Crippen LogP contribution in [0.15, 0.2) is 39.9 Å². The van der Waals surface area contributed by atoms with Gasteiger partial charge in [-0.25, -0.2) is 17.9 Å². The van der Waals surface area contributed by atoms with Crippen molar-refractivity contribution in [3.05, 3.63) is 52.4 Å². The Kier molecular flexibility index (Phi) is 4.46. The van der Waals surface area contributed by atoms with Crippen LogP contribution in [0.2, 0.25) is 0 Å². The molecule has 0 amide bonds. The Bertz CT molecular complexity index is 765. The van der Waals surface area contributed by atoms with E-state index < -0.39 is 22.0 Å². The lowest BCUT2D eigenvalue weighted by Crippen LogP contribution is -2.26. The molecule has 2 rings (SSSR count). The first-order chi connectivity index (χ1) is 9.81. The average molecular weight is 325 g/mol. The number of rotatable bonds is 5. The van der Waals surface area contributed by atoms with E-state index in [-0.39, 0.29) is 9.77 Å². The molecule has 7 heteroatoms. The Morgan fingerprint density at radius 3 is 2.57 bits per heavy atom. The molecule has 0 aliphatic rings. The van der Waals surface area contributed by atoms with E-state index in [0.29, 0.717) is 0 Å². The summed E-state index contributed by atoms with van der Waals surface area (Å²) in [6.45, 7) is 3.67. The monoisotopic (exact) mass is 325 g/mol. The molecule has 0 aliphatic heterocycles. The van der Waals surface area contributed by atoms with Gasteiger partial charge in [0.15, 0.2) is 0 Å². The van der Waals surface area contributed by atoms with Gasteiger partial charge in [-0.2, -0.15) is 0 Å². The molecule has 1 heterocycles. The number of benzene rings is 1. The summed E-state index contributed by atoms with van der Waals surface area (Å²) in [7, 11) is -3.73. The largest absolute Gasteiger partial charge is 0.478 e. The molecule has 1 unspecified atom stereocenters. The molecule has 112 valence electrons. The van der Waals surface area contributed by atoms with Crippen LogP contribution in [-0.2, 0) is 10.0 Å². The van der Waals surface area contributed by atoms with E-state index >= 15 is 0 Å². The number of carbonyl (C=O) groups is 1. The van der Waals surface area contributed by atoms with E-state index in [2.05, 4.69) is 4.72 Å². The Morgan fingerprint density at radius 2 is 2.00 bits per heavy atom. The van der Waals surface area contributed by atoms with Gasteiger partial charge in [-0.05, 0) is 31.0 Å². The fourth-order valence-corrected chi connectivity index (χ4v) is 4.39. The van der Waals surface area contributed by atoms with Crippen molar-refractivity contribution in [1.82, 2.24) is 4.72 Å². The quantitative estimate of drug-likeness (QED) is 0.885. The average Bonchev–Trinajstić information content (AvgIpc) is 2.89. The minimum atomic E-state index is -3.73. The van der Waals surface area contributed by atoms with Crippen molar-refractivity contribution in [3.8, 4) is 0 Å². The summed E-state index contributed by atoms with van der Waals surface area (Å²) in [6.07, 6.45) is 0. The van der Waals surface area contributed by atoms with Crippen LogP contribution in [-0.4, -0.2) is 19.5 Å². The molecular weight excluding hydrogens is 310 g/mol. The van der Waals surface area contributed by atoms with E-state index in [1.54, 1.807) is 6.92 Å². The Balaban J connectivity index is 2.24. The Labute approximate surface area is 127 Å². The van der Waals surface area contributed by atoms with E-state index in [1.165, 1.54) is 11.4 Å². The van der Waals surface area contributed by atoms with Gasteiger partial charge in [-0.15, -0.1) is 11.3 Å². The zero-order chi connectivity index (χ0) is 15.6. The number of nitrogens with one attached hydrogen (secondary N) is 1. The van der Waals surface area contributed by atoms with Crippen LogP contribution in [0.5, 0.6) is 0 Å². The van der Waals surface area contributed by atoms with Gasteiger partial charge in [0.25, 0.3) is 10.0 Å². The van der Waals surface area contributed by atoms with Crippen molar-refractivity contribution in [2.75, 3.05) is 0 Å². The molecule has 1 aromatic carbocycles. The maximum absolute atomic E-state index is 12.3. The van der Waals surface area contributed by atoms with E-state index in [0.717, 1.165) is 22.5 Å². The van der Waals surface area contributed by atoms with Gasteiger partial charge < -0.3 is 5.11 Å². The number of carboxylic acids is 1. The van der Waals surface area contributed by atoms with E-state index in [4.69, 9.17) is 5.11 Å². The molecule has 1 atom stereocenters. The van der Waals surface area contributed by atoms with Gasteiger partial charge in [0.05, 0.1) is 5.56 Å². The lowest BCUT2D eigenvalue weighted by Gasteiger charge is -2.15. The highest BCUT2D eigenvalue weighted by molar-refractivity contribution is 7.91. The molecule has 0 saturated carbocycles. The molecule has 21 heavy (non-hydrogen) atoms. The topological polar surface area (TPSA) is 83.5 Å². The van der Waals surface area contributed by atoms with Crippen LogP contribution < -0.4 is 4.72 Å². The highest BCUT2D eigenvalue weighted by Crippen LogP contribution is 2.24. The number of aryl methyl sites for hydroxylation is 1. The Morgan fingerprint density at radius 1 is 1.33 bits per heavy atom. The minimum absolute atomic E-state index is 0.000309. The van der Waals surface area contributed by atoms with Gasteiger partial charge >= 0.3 is 5.97 Å². The fraction of sp³-hybridized carbons (Fsp3) is 0.214. The predicted octanol–water partition coefficient (Wildman–Crippen LogP) is 2.79. The van der Waals surface area contributed by atoms with Crippen LogP contribution in [0, 0.1) is 6.92 Å². The summed E-state index contributed by atoms with van der Waals surface area (Å²) in [4.78, 5) is 10.8. The van der Waals surface area contributed by atoms with E-state index in [9.17, 15) is 13.2 Å². The second kappa shape index (κ2) is 5.97. The van der Waals surface area contributed by atoms with Crippen molar-refractivity contribution < 1.29 is 18.3 Å². The number of sulfonamides is 1. The van der Waals surface area contributed by atoms with Crippen molar-refractivity contribution in [3.63, 3.8) is 0 Å². The lowest BCUT2D eigenvalue weighted by atomic mass is 10.0. The lowest BCUT2D eigenvalue weighted by molar-refractivity contribution is 0.0697.